The number of benzene rings is 1. The fourth-order valence-electron chi connectivity index (χ4n) is 2.49. The molecule has 0 radical (unpaired) electrons. The van der Waals surface area contributed by atoms with Crippen LogP contribution in [0.25, 0.3) is 0 Å². The summed E-state index contributed by atoms with van der Waals surface area (Å²) < 4.78 is 15.5. The Morgan fingerprint density at radius 2 is 1.88 bits per heavy atom. The van der Waals surface area contributed by atoms with Crippen molar-refractivity contribution in [2.24, 2.45) is 0 Å². The fourth-order valence-corrected chi connectivity index (χ4v) is 2.95. The number of methoxy groups -OCH3 is 2. The lowest BCUT2D eigenvalue weighted by Crippen LogP contribution is -2.35. The second-order valence-corrected chi connectivity index (χ2v) is 7.00. The second kappa shape index (κ2) is 12.8. The number of halogens is 2. The zero-order chi connectivity index (χ0) is 23.5. The Morgan fingerprint density at radius 3 is 2.47 bits per heavy atom. The molecule has 12 nitrogen and oxygen atoms in total. The van der Waals surface area contributed by atoms with E-state index in [0.29, 0.717) is 31.3 Å². The molecule has 0 fully saturated rings. The number of nitrogens with zero attached hydrogens (tertiary/aromatic N) is 4. The van der Waals surface area contributed by atoms with Crippen LogP contribution in [-0.2, 0) is 14.3 Å². The van der Waals surface area contributed by atoms with Crippen LogP contribution in [0.5, 0.6) is 5.75 Å². The average Bonchev–Trinajstić information content (AvgIpc) is 2.76. The summed E-state index contributed by atoms with van der Waals surface area (Å²) in [5.41, 5.74) is 4.33. The first-order chi connectivity index (χ1) is 15.4. The monoisotopic (exact) mass is 488 g/mol. The molecule has 2 rings (SSSR count). The number of ether oxygens (including phenoxy) is 3. The van der Waals surface area contributed by atoms with Gasteiger partial charge >= 0.3 is 5.69 Å². The third kappa shape index (κ3) is 7.34. The van der Waals surface area contributed by atoms with E-state index < -0.39 is 23.1 Å². The zero-order valence-corrected chi connectivity index (χ0v) is 18.9. The van der Waals surface area contributed by atoms with E-state index in [1.54, 1.807) is 11.0 Å². The molecular formula is C18H22Cl2N6O6. The predicted octanol–water partition coefficient (Wildman–Crippen LogP) is 2.31. The van der Waals surface area contributed by atoms with Gasteiger partial charge in [-0.3, -0.25) is 25.8 Å². The first-order valence-electron chi connectivity index (χ1n) is 9.22. The summed E-state index contributed by atoms with van der Waals surface area (Å²) in [6.07, 6.45) is 1.15. The van der Waals surface area contributed by atoms with E-state index in [4.69, 9.17) is 37.4 Å². The molecule has 0 aliphatic carbocycles. The molecular weight excluding hydrogens is 467 g/mol. The van der Waals surface area contributed by atoms with Gasteiger partial charge < -0.3 is 19.1 Å². The van der Waals surface area contributed by atoms with Gasteiger partial charge in [0.05, 0.1) is 23.2 Å². The molecule has 2 aromatic rings. The molecule has 1 aromatic carbocycles. The largest absolute Gasteiger partial charge is 0.482 e. The van der Waals surface area contributed by atoms with Crippen molar-refractivity contribution in [1.29, 1.82) is 0 Å². The van der Waals surface area contributed by atoms with E-state index in [2.05, 4.69) is 20.8 Å². The zero-order valence-electron chi connectivity index (χ0n) is 17.3. The topological polar surface area (TPSA) is 141 Å². The summed E-state index contributed by atoms with van der Waals surface area (Å²) in [7, 11) is 3.04. The second-order valence-electron chi connectivity index (χ2n) is 6.16. The third-order valence-electron chi connectivity index (χ3n) is 3.99. The Bertz CT molecular complexity index is 927. The highest BCUT2D eigenvalue weighted by Crippen LogP contribution is 2.31. The molecule has 0 spiro atoms. The normalized spacial score (nSPS) is 10.5. The van der Waals surface area contributed by atoms with Crippen LogP contribution >= 0.6 is 23.2 Å². The number of aromatic nitrogens is 2. The number of nitro groups is 1. The van der Waals surface area contributed by atoms with Crippen LogP contribution in [-0.4, -0.2) is 67.9 Å². The van der Waals surface area contributed by atoms with Crippen LogP contribution in [0.15, 0.2) is 24.5 Å². The Labute approximate surface area is 193 Å². The van der Waals surface area contributed by atoms with Crippen molar-refractivity contribution in [3.05, 3.63) is 44.7 Å². The van der Waals surface area contributed by atoms with E-state index >= 15 is 0 Å². The standard InChI is InChI=1S/C18H22Cl2N6O6/c1-30-7-5-25(6-8-31-2)18-16(26(28)29)17(21-11-22-18)24-23-15(27)10-32-14-4-3-12(19)9-13(14)20/h3-4,9,11H,5-8,10H2,1-2H3,(H,23,27)(H,21,22,24). The number of carbonyl (C=O) groups is 1. The Kier molecular flexibility index (Phi) is 10.1. The smallest absolute Gasteiger partial charge is 0.355 e. The number of hydrogen-bond acceptors (Lipinski definition) is 10. The molecule has 32 heavy (non-hydrogen) atoms. The summed E-state index contributed by atoms with van der Waals surface area (Å²) in [5, 5.41) is 12.4. The van der Waals surface area contributed by atoms with Crippen LogP contribution in [0.1, 0.15) is 0 Å². The molecule has 2 N–H and O–H groups in total. The van der Waals surface area contributed by atoms with Crippen molar-refractivity contribution >= 4 is 46.4 Å². The van der Waals surface area contributed by atoms with E-state index in [0.717, 1.165) is 6.33 Å². The quantitative estimate of drug-likeness (QED) is 0.318. The van der Waals surface area contributed by atoms with Crippen LogP contribution in [0.3, 0.4) is 0 Å². The lowest BCUT2D eigenvalue weighted by Gasteiger charge is -2.23. The molecule has 0 atom stereocenters. The Hall–Kier alpha value is -2.93. The SMILES string of the molecule is COCCN(CCOC)c1ncnc(NNC(=O)COc2ccc(Cl)cc2Cl)c1[N+](=O)[O-]. The fraction of sp³-hybridized carbons (Fsp3) is 0.389. The van der Waals surface area contributed by atoms with Crippen molar-refractivity contribution in [2.45, 2.75) is 0 Å². The van der Waals surface area contributed by atoms with E-state index in [1.165, 1.54) is 26.4 Å². The van der Waals surface area contributed by atoms with E-state index in [9.17, 15) is 14.9 Å². The number of anilines is 2. The van der Waals surface area contributed by atoms with Crippen LogP contribution in [0, 0.1) is 10.1 Å². The van der Waals surface area contributed by atoms with Crippen LogP contribution < -0.4 is 20.5 Å². The van der Waals surface area contributed by atoms with E-state index in [-0.39, 0.29) is 22.4 Å². The molecule has 1 heterocycles. The van der Waals surface area contributed by atoms with Crippen LogP contribution in [0.2, 0.25) is 10.0 Å². The van der Waals surface area contributed by atoms with Gasteiger partial charge in [-0.25, -0.2) is 9.97 Å². The molecule has 14 heteroatoms. The van der Waals surface area contributed by atoms with Gasteiger partial charge in [0.1, 0.15) is 12.1 Å². The van der Waals surface area contributed by atoms with Crippen LogP contribution in [0.4, 0.5) is 17.3 Å². The van der Waals surface area contributed by atoms with Gasteiger partial charge in [0.15, 0.2) is 6.61 Å². The highest BCUT2D eigenvalue weighted by atomic mass is 35.5. The minimum absolute atomic E-state index is 0.0556. The van der Waals surface area contributed by atoms with Crippen molar-refractivity contribution in [2.75, 3.05) is 57.5 Å². The van der Waals surface area contributed by atoms with Gasteiger partial charge in [0.2, 0.25) is 11.6 Å². The van der Waals surface area contributed by atoms with E-state index in [1.807, 2.05) is 0 Å². The number of hydrogen-bond donors (Lipinski definition) is 2. The minimum atomic E-state index is -0.638. The van der Waals surface area contributed by atoms with Gasteiger partial charge in [-0.2, -0.15) is 0 Å². The Balaban J connectivity index is 2.10. The number of amides is 1. The summed E-state index contributed by atoms with van der Waals surface area (Å²) in [6, 6.07) is 4.55. The maximum absolute atomic E-state index is 12.1. The van der Waals surface area contributed by atoms with Crippen molar-refractivity contribution in [1.82, 2.24) is 15.4 Å². The first-order valence-corrected chi connectivity index (χ1v) is 9.97. The number of nitrogens with one attached hydrogen (secondary N) is 2. The maximum Gasteiger partial charge on any atom is 0.355 e. The highest BCUT2D eigenvalue weighted by molar-refractivity contribution is 6.35. The third-order valence-corrected chi connectivity index (χ3v) is 4.52. The average molecular weight is 489 g/mol. The van der Waals surface area contributed by atoms with Crippen molar-refractivity contribution in [3.8, 4) is 5.75 Å². The number of hydrazine groups is 1. The predicted molar refractivity (Wildman–Crippen MR) is 118 cm³/mol. The Morgan fingerprint density at radius 1 is 1.19 bits per heavy atom. The molecule has 0 saturated carbocycles. The molecule has 174 valence electrons. The molecule has 0 unspecified atom stereocenters. The van der Waals surface area contributed by atoms with Gasteiger partial charge in [0, 0.05) is 32.3 Å². The number of rotatable bonds is 13. The minimum Gasteiger partial charge on any atom is -0.482 e. The summed E-state index contributed by atoms with van der Waals surface area (Å²) in [6.45, 7) is 0.885. The van der Waals surface area contributed by atoms with Gasteiger partial charge in [-0.15, -0.1) is 0 Å². The van der Waals surface area contributed by atoms with Gasteiger partial charge in [-0.1, -0.05) is 23.2 Å². The summed E-state index contributed by atoms with van der Waals surface area (Å²) in [4.78, 5) is 32.8. The lowest BCUT2D eigenvalue weighted by atomic mass is 10.3. The van der Waals surface area contributed by atoms with Crippen molar-refractivity contribution in [3.63, 3.8) is 0 Å². The molecule has 0 bridgehead atoms. The summed E-state index contributed by atoms with van der Waals surface area (Å²) in [5.74, 6) is -0.507. The first kappa shape index (κ1) is 25.3. The molecule has 1 amide bonds. The van der Waals surface area contributed by atoms with Gasteiger partial charge in [-0.05, 0) is 18.2 Å². The molecule has 0 aliphatic heterocycles. The molecule has 1 aromatic heterocycles. The van der Waals surface area contributed by atoms with Gasteiger partial charge in [0.25, 0.3) is 5.91 Å². The molecule has 0 saturated heterocycles. The van der Waals surface area contributed by atoms with Crippen molar-refractivity contribution < 1.29 is 23.9 Å². The number of carbonyl (C=O) groups excluding carboxylic acids is 1. The highest BCUT2D eigenvalue weighted by Gasteiger charge is 2.27. The lowest BCUT2D eigenvalue weighted by molar-refractivity contribution is -0.383. The summed E-state index contributed by atoms with van der Waals surface area (Å²) >= 11 is 11.8. The molecule has 0 aliphatic rings. The maximum atomic E-state index is 12.1.